The summed E-state index contributed by atoms with van der Waals surface area (Å²) >= 11 is 6.16. The Bertz CT molecular complexity index is 1030. The van der Waals surface area contributed by atoms with Gasteiger partial charge < -0.3 is 10.5 Å². The topological polar surface area (TPSA) is 70.1 Å². The maximum absolute atomic E-state index is 13.3. The third kappa shape index (κ3) is 3.15. The normalized spacial score (nSPS) is 12.6. The van der Waals surface area contributed by atoms with E-state index in [1.54, 1.807) is 25.1 Å². The van der Waals surface area contributed by atoms with Crippen molar-refractivity contribution in [3.8, 4) is 11.4 Å². The fourth-order valence-electron chi connectivity index (χ4n) is 2.74. The van der Waals surface area contributed by atoms with Gasteiger partial charge in [-0.2, -0.15) is 0 Å². The summed E-state index contributed by atoms with van der Waals surface area (Å²) in [5, 5.41) is 0.418. The minimum absolute atomic E-state index is 0.186. The van der Waals surface area contributed by atoms with Gasteiger partial charge in [0.25, 0.3) is 12.0 Å². The molecule has 0 radical (unpaired) electrons. The lowest BCUT2D eigenvalue weighted by Crippen LogP contribution is -2.27. The first kappa shape index (κ1) is 18.3. The van der Waals surface area contributed by atoms with Gasteiger partial charge in [-0.25, -0.2) is 13.8 Å². The molecule has 1 unspecified atom stereocenters. The van der Waals surface area contributed by atoms with Gasteiger partial charge in [0.05, 0.1) is 34.8 Å². The van der Waals surface area contributed by atoms with Gasteiger partial charge in [0, 0.05) is 11.6 Å². The van der Waals surface area contributed by atoms with Crippen molar-refractivity contribution in [3.05, 3.63) is 63.2 Å². The molecule has 0 saturated carbocycles. The van der Waals surface area contributed by atoms with Crippen LogP contribution in [0.1, 0.15) is 30.8 Å². The third-order valence-corrected chi connectivity index (χ3v) is 4.25. The largest absolute Gasteiger partial charge is 0.497 e. The molecule has 2 aromatic carbocycles. The summed E-state index contributed by atoms with van der Waals surface area (Å²) in [4.78, 5) is 17.5. The van der Waals surface area contributed by atoms with Gasteiger partial charge in [0.2, 0.25) is 0 Å². The zero-order chi connectivity index (χ0) is 19.0. The second-order valence-electron chi connectivity index (χ2n) is 5.80. The number of nitrogens with two attached hydrogens (primary N) is 1. The number of benzene rings is 2. The molecule has 2 N–H and O–H groups in total. The van der Waals surface area contributed by atoms with E-state index >= 15 is 0 Å². The van der Waals surface area contributed by atoms with Crippen LogP contribution in [0.25, 0.3) is 16.6 Å². The van der Waals surface area contributed by atoms with Crippen LogP contribution in [-0.4, -0.2) is 16.7 Å². The van der Waals surface area contributed by atoms with Crippen molar-refractivity contribution in [1.29, 1.82) is 0 Å². The van der Waals surface area contributed by atoms with Crippen molar-refractivity contribution < 1.29 is 13.5 Å². The van der Waals surface area contributed by atoms with Gasteiger partial charge in [0.15, 0.2) is 0 Å². The van der Waals surface area contributed by atoms with Gasteiger partial charge in [-0.3, -0.25) is 9.36 Å². The SMILES string of the molecule is COc1cc(C(F)F)cc(-n2c(C(C)N)nc3cccc(Cl)c3c2=O)c1. The summed E-state index contributed by atoms with van der Waals surface area (Å²) in [6.45, 7) is 1.66. The van der Waals surface area contributed by atoms with E-state index in [-0.39, 0.29) is 33.2 Å². The maximum Gasteiger partial charge on any atom is 0.267 e. The molecule has 0 amide bonds. The fourth-order valence-corrected chi connectivity index (χ4v) is 2.99. The molecule has 3 rings (SSSR count). The Kier molecular flexibility index (Phi) is 4.93. The van der Waals surface area contributed by atoms with Crippen molar-refractivity contribution in [2.45, 2.75) is 19.4 Å². The maximum atomic E-state index is 13.3. The van der Waals surface area contributed by atoms with E-state index in [1.807, 2.05) is 0 Å². The van der Waals surface area contributed by atoms with Crippen molar-refractivity contribution >= 4 is 22.5 Å². The molecule has 1 heterocycles. The number of alkyl halides is 2. The predicted molar refractivity (Wildman–Crippen MR) is 96.5 cm³/mol. The summed E-state index contributed by atoms with van der Waals surface area (Å²) in [6.07, 6.45) is -2.73. The Hall–Kier alpha value is -2.51. The first-order valence-corrected chi connectivity index (χ1v) is 8.15. The molecule has 0 saturated heterocycles. The first-order chi connectivity index (χ1) is 12.3. The number of fused-ring (bicyclic) bond motifs is 1. The highest BCUT2D eigenvalue weighted by Crippen LogP contribution is 2.28. The van der Waals surface area contributed by atoms with Crippen LogP contribution in [0.3, 0.4) is 0 Å². The summed E-state index contributed by atoms with van der Waals surface area (Å²) in [6, 6.07) is 8.17. The predicted octanol–water partition coefficient (Wildman–Crippen LogP) is 4.01. The van der Waals surface area contributed by atoms with E-state index in [9.17, 15) is 13.6 Å². The van der Waals surface area contributed by atoms with Crippen molar-refractivity contribution in [1.82, 2.24) is 9.55 Å². The monoisotopic (exact) mass is 379 g/mol. The van der Waals surface area contributed by atoms with Crippen LogP contribution >= 0.6 is 11.6 Å². The molecule has 3 aromatic rings. The minimum Gasteiger partial charge on any atom is -0.497 e. The average Bonchev–Trinajstić information content (AvgIpc) is 2.60. The summed E-state index contributed by atoms with van der Waals surface area (Å²) in [7, 11) is 1.36. The Balaban J connectivity index is 2.43. The van der Waals surface area contributed by atoms with E-state index in [0.29, 0.717) is 5.52 Å². The molecule has 136 valence electrons. The molecule has 5 nitrogen and oxygen atoms in total. The number of aromatic nitrogens is 2. The minimum atomic E-state index is -2.73. The van der Waals surface area contributed by atoms with Crippen molar-refractivity contribution in [2.75, 3.05) is 7.11 Å². The van der Waals surface area contributed by atoms with E-state index in [2.05, 4.69) is 4.98 Å². The van der Waals surface area contributed by atoms with Gasteiger partial charge in [0.1, 0.15) is 11.6 Å². The quantitative estimate of drug-likeness (QED) is 0.743. The zero-order valence-electron chi connectivity index (χ0n) is 14.0. The molecule has 1 atom stereocenters. The van der Waals surface area contributed by atoms with Gasteiger partial charge in [-0.1, -0.05) is 17.7 Å². The second-order valence-corrected chi connectivity index (χ2v) is 6.21. The van der Waals surface area contributed by atoms with E-state index in [0.717, 1.165) is 0 Å². The van der Waals surface area contributed by atoms with Gasteiger partial charge >= 0.3 is 0 Å². The first-order valence-electron chi connectivity index (χ1n) is 7.77. The Morgan fingerprint density at radius 3 is 2.62 bits per heavy atom. The summed E-state index contributed by atoms with van der Waals surface area (Å²) in [5.74, 6) is 0.429. The number of halogens is 3. The van der Waals surface area contributed by atoms with Crippen molar-refractivity contribution in [3.63, 3.8) is 0 Å². The molecule has 0 aliphatic heterocycles. The van der Waals surface area contributed by atoms with Crippen molar-refractivity contribution in [2.24, 2.45) is 5.73 Å². The lowest BCUT2D eigenvalue weighted by molar-refractivity contribution is 0.151. The average molecular weight is 380 g/mol. The number of hydrogen-bond donors (Lipinski definition) is 1. The number of methoxy groups -OCH3 is 1. The summed E-state index contributed by atoms with van der Waals surface area (Å²) in [5.41, 5.74) is 5.80. The Labute approximate surface area is 153 Å². The van der Waals surface area contributed by atoms with Crippen LogP contribution in [0.4, 0.5) is 8.78 Å². The molecule has 0 spiro atoms. The summed E-state index contributed by atoms with van der Waals surface area (Å²) < 4.78 is 32.8. The molecular formula is C18H16ClF2N3O2. The number of ether oxygens (including phenoxy) is 1. The second kappa shape index (κ2) is 7.01. The van der Waals surface area contributed by atoms with Crippen LogP contribution in [0.15, 0.2) is 41.2 Å². The lowest BCUT2D eigenvalue weighted by atomic mass is 10.1. The van der Waals surface area contributed by atoms with Gasteiger partial charge in [-0.05, 0) is 31.2 Å². The van der Waals surface area contributed by atoms with Crippen LogP contribution < -0.4 is 16.0 Å². The third-order valence-electron chi connectivity index (χ3n) is 3.94. The zero-order valence-corrected chi connectivity index (χ0v) is 14.8. The highest BCUT2D eigenvalue weighted by Gasteiger charge is 2.19. The number of hydrogen-bond acceptors (Lipinski definition) is 4. The lowest BCUT2D eigenvalue weighted by Gasteiger charge is -2.18. The molecule has 0 aliphatic carbocycles. The highest BCUT2D eigenvalue weighted by atomic mass is 35.5. The van der Waals surface area contributed by atoms with E-state index < -0.39 is 18.0 Å². The Morgan fingerprint density at radius 1 is 1.27 bits per heavy atom. The van der Waals surface area contributed by atoms with Crippen LogP contribution in [0.2, 0.25) is 5.02 Å². The highest BCUT2D eigenvalue weighted by molar-refractivity contribution is 6.35. The molecule has 8 heteroatoms. The standard InChI is InChI=1S/C18H16ClF2N3O2/c1-9(22)17-23-14-5-3-4-13(19)15(14)18(25)24(17)11-6-10(16(20)21)7-12(8-11)26-2/h3-9,16H,22H2,1-2H3. The smallest absolute Gasteiger partial charge is 0.267 e. The number of nitrogens with zero attached hydrogens (tertiary/aromatic N) is 2. The number of rotatable bonds is 4. The van der Waals surface area contributed by atoms with E-state index in [1.165, 1.54) is 29.9 Å². The molecule has 0 bridgehead atoms. The van der Waals surface area contributed by atoms with E-state index in [4.69, 9.17) is 22.1 Å². The Morgan fingerprint density at radius 2 is 2.00 bits per heavy atom. The van der Waals surface area contributed by atoms with Gasteiger partial charge in [-0.15, -0.1) is 0 Å². The van der Waals surface area contributed by atoms with Crippen LogP contribution in [0.5, 0.6) is 5.75 Å². The molecule has 0 aliphatic rings. The molecule has 1 aromatic heterocycles. The van der Waals surface area contributed by atoms with Crippen LogP contribution in [0, 0.1) is 0 Å². The molecule has 26 heavy (non-hydrogen) atoms. The molecular weight excluding hydrogens is 364 g/mol. The fraction of sp³-hybridized carbons (Fsp3) is 0.222. The van der Waals surface area contributed by atoms with Crippen LogP contribution in [-0.2, 0) is 0 Å². The molecule has 0 fully saturated rings.